The maximum Gasteiger partial charge on any atom is 0.387 e. The predicted octanol–water partition coefficient (Wildman–Crippen LogP) is 4.44. The zero-order chi connectivity index (χ0) is 21.2. The summed E-state index contributed by atoms with van der Waals surface area (Å²) in [7, 11) is 4.05. The van der Waals surface area contributed by atoms with E-state index < -0.39 is 6.61 Å². The number of alkyl halides is 2. The number of hydrogen-bond donors (Lipinski definition) is 1. The molecule has 1 amide bonds. The molecule has 0 fully saturated rings. The fourth-order valence-corrected chi connectivity index (χ4v) is 2.55. The van der Waals surface area contributed by atoms with E-state index in [-0.39, 0.29) is 17.4 Å². The van der Waals surface area contributed by atoms with E-state index >= 15 is 0 Å². The number of nitrogens with one attached hydrogen (secondary N) is 1. The fourth-order valence-electron chi connectivity index (χ4n) is 2.55. The van der Waals surface area contributed by atoms with Gasteiger partial charge in [0.05, 0.1) is 6.61 Å². The summed E-state index contributed by atoms with van der Waals surface area (Å²) in [6.07, 6.45) is 3.89. The highest BCUT2D eigenvalue weighted by atomic mass is 19.3. The summed E-state index contributed by atoms with van der Waals surface area (Å²) in [6.45, 7) is 0.0704. The second kappa shape index (κ2) is 11.2. The van der Waals surface area contributed by atoms with Gasteiger partial charge in [-0.3, -0.25) is 4.79 Å². The molecule has 0 unspecified atom stereocenters. The first kappa shape index (κ1) is 22.4. The third kappa shape index (κ3) is 7.91. The highest BCUT2D eigenvalue weighted by molar-refractivity contribution is 6.01. The van der Waals surface area contributed by atoms with Gasteiger partial charge in [0, 0.05) is 18.3 Å². The Balaban J connectivity index is 1.98. The second-order valence-electron chi connectivity index (χ2n) is 6.59. The molecule has 0 atom stereocenters. The largest absolute Gasteiger partial charge is 0.490 e. The Morgan fingerprint density at radius 2 is 1.86 bits per heavy atom. The minimum Gasteiger partial charge on any atom is -0.490 e. The number of anilines is 1. The molecule has 156 valence electrons. The third-order valence-electron chi connectivity index (χ3n) is 3.98. The first-order chi connectivity index (χ1) is 13.9. The van der Waals surface area contributed by atoms with Gasteiger partial charge in [-0.2, -0.15) is 8.78 Å². The van der Waals surface area contributed by atoms with Gasteiger partial charge >= 0.3 is 6.61 Å². The van der Waals surface area contributed by atoms with Crippen molar-refractivity contribution in [1.82, 2.24) is 4.90 Å². The smallest absolute Gasteiger partial charge is 0.387 e. The van der Waals surface area contributed by atoms with Gasteiger partial charge in [0.1, 0.15) is 0 Å². The van der Waals surface area contributed by atoms with Crippen LogP contribution in [0.2, 0.25) is 0 Å². The number of ether oxygens (including phenoxy) is 2. The molecule has 29 heavy (non-hydrogen) atoms. The monoisotopic (exact) mass is 404 g/mol. The van der Waals surface area contributed by atoms with Crippen molar-refractivity contribution in [2.24, 2.45) is 0 Å². The van der Waals surface area contributed by atoms with Crippen LogP contribution in [-0.2, 0) is 11.2 Å². The van der Waals surface area contributed by atoms with E-state index in [9.17, 15) is 13.6 Å². The molecule has 0 aliphatic heterocycles. The lowest BCUT2D eigenvalue weighted by Gasteiger charge is -2.11. The molecule has 2 rings (SSSR count). The molecule has 2 aromatic rings. The summed E-state index contributed by atoms with van der Waals surface area (Å²) in [5.74, 6) is -0.140. The minimum absolute atomic E-state index is 0.0437. The van der Waals surface area contributed by atoms with Crippen LogP contribution in [-0.4, -0.2) is 44.7 Å². The highest BCUT2D eigenvalue weighted by Crippen LogP contribution is 2.30. The van der Waals surface area contributed by atoms with Crippen LogP contribution in [0.5, 0.6) is 11.5 Å². The summed E-state index contributed by atoms with van der Waals surface area (Å²) in [5, 5.41) is 2.79. The van der Waals surface area contributed by atoms with E-state index in [1.165, 1.54) is 17.7 Å². The van der Waals surface area contributed by atoms with Crippen LogP contribution in [0.1, 0.15) is 18.1 Å². The lowest BCUT2D eigenvalue weighted by atomic mass is 10.1. The van der Waals surface area contributed by atoms with E-state index in [0.29, 0.717) is 17.9 Å². The van der Waals surface area contributed by atoms with Gasteiger partial charge in [-0.05, 0) is 68.9 Å². The Morgan fingerprint density at radius 3 is 2.48 bits per heavy atom. The maximum atomic E-state index is 12.5. The Morgan fingerprint density at radius 1 is 1.14 bits per heavy atom. The zero-order valence-electron chi connectivity index (χ0n) is 16.8. The van der Waals surface area contributed by atoms with E-state index in [2.05, 4.69) is 15.0 Å². The molecule has 0 aliphatic carbocycles. The van der Waals surface area contributed by atoms with Gasteiger partial charge in [0.2, 0.25) is 5.91 Å². The standard InChI is InChI=1S/C22H26F2N2O3/c1-4-28-20-15-17(7-11-19(20)29-22(23)24)8-12-21(27)25-18-9-5-16(6-10-18)13-14-26(2)3/h5-12,15,22H,4,13-14H2,1-3H3,(H,25,27)/b12-8+. The van der Waals surface area contributed by atoms with Crippen molar-refractivity contribution in [1.29, 1.82) is 0 Å². The molecule has 0 aliphatic rings. The number of likely N-dealkylation sites (N-methyl/N-ethyl adjacent to an activating group) is 1. The number of amides is 1. The topological polar surface area (TPSA) is 50.8 Å². The van der Waals surface area contributed by atoms with Crippen LogP contribution in [0.3, 0.4) is 0 Å². The van der Waals surface area contributed by atoms with Crippen molar-refractivity contribution in [2.75, 3.05) is 32.6 Å². The lowest BCUT2D eigenvalue weighted by Crippen LogP contribution is -2.15. The zero-order valence-corrected chi connectivity index (χ0v) is 16.8. The number of benzene rings is 2. The quantitative estimate of drug-likeness (QED) is 0.595. The predicted molar refractivity (Wildman–Crippen MR) is 111 cm³/mol. The number of carbonyl (C=O) groups is 1. The molecule has 0 saturated heterocycles. The summed E-state index contributed by atoms with van der Waals surface area (Å²) < 4.78 is 34.7. The van der Waals surface area contributed by atoms with Crippen molar-refractivity contribution >= 4 is 17.7 Å². The number of hydrogen-bond acceptors (Lipinski definition) is 4. The van der Waals surface area contributed by atoms with Crippen LogP contribution < -0.4 is 14.8 Å². The fraction of sp³-hybridized carbons (Fsp3) is 0.318. The SMILES string of the molecule is CCOc1cc(/C=C/C(=O)Nc2ccc(CCN(C)C)cc2)ccc1OC(F)F. The molecular formula is C22H26F2N2O3. The van der Waals surface area contributed by atoms with Gasteiger partial charge < -0.3 is 19.7 Å². The van der Waals surface area contributed by atoms with Crippen molar-refractivity contribution in [2.45, 2.75) is 20.0 Å². The molecule has 7 heteroatoms. The highest BCUT2D eigenvalue weighted by Gasteiger charge is 2.11. The molecule has 5 nitrogen and oxygen atoms in total. The number of rotatable bonds is 10. The van der Waals surface area contributed by atoms with Crippen LogP contribution >= 0.6 is 0 Å². The van der Waals surface area contributed by atoms with E-state index in [1.807, 2.05) is 38.4 Å². The molecule has 2 aromatic carbocycles. The lowest BCUT2D eigenvalue weighted by molar-refractivity contribution is -0.111. The molecule has 1 N–H and O–H groups in total. The first-order valence-electron chi connectivity index (χ1n) is 9.31. The van der Waals surface area contributed by atoms with Crippen molar-refractivity contribution < 1.29 is 23.0 Å². The van der Waals surface area contributed by atoms with Crippen LogP contribution in [0.4, 0.5) is 14.5 Å². The maximum absolute atomic E-state index is 12.5. The molecule has 0 bridgehead atoms. The molecule has 0 heterocycles. The average Bonchev–Trinajstić information content (AvgIpc) is 2.67. The molecular weight excluding hydrogens is 378 g/mol. The van der Waals surface area contributed by atoms with E-state index in [1.54, 1.807) is 25.1 Å². The Kier molecular flexibility index (Phi) is 8.61. The van der Waals surface area contributed by atoms with Gasteiger partial charge in [0.15, 0.2) is 11.5 Å². The summed E-state index contributed by atoms with van der Waals surface area (Å²) in [4.78, 5) is 14.3. The third-order valence-corrected chi connectivity index (χ3v) is 3.98. The van der Waals surface area contributed by atoms with Crippen LogP contribution in [0, 0.1) is 0 Å². The van der Waals surface area contributed by atoms with E-state index in [0.717, 1.165) is 13.0 Å². The Labute approximate surface area is 169 Å². The normalized spacial score (nSPS) is 11.3. The Bertz CT molecular complexity index is 821. The van der Waals surface area contributed by atoms with Crippen LogP contribution in [0.15, 0.2) is 48.5 Å². The van der Waals surface area contributed by atoms with Gasteiger partial charge in [-0.25, -0.2) is 0 Å². The first-order valence-corrected chi connectivity index (χ1v) is 9.31. The molecule has 0 spiro atoms. The summed E-state index contributed by atoms with van der Waals surface area (Å²) >= 11 is 0. The van der Waals surface area contributed by atoms with Gasteiger partial charge in [-0.15, -0.1) is 0 Å². The summed E-state index contributed by atoms with van der Waals surface area (Å²) in [5.41, 5.74) is 2.52. The number of nitrogens with zero attached hydrogens (tertiary/aromatic N) is 1. The van der Waals surface area contributed by atoms with E-state index in [4.69, 9.17) is 4.74 Å². The van der Waals surface area contributed by atoms with Crippen molar-refractivity contribution in [3.8, 4) is 11.5 Å². The second-order valence-corrected chi connectivity index (χ2v) is 6.59. The average molecular weight is 404 g/mol. The van der Waals surface area contributed by atoms with Gasteiger partial charge in [-0.1, -0.05) is 18.2 Å². The minimum atomic E-state index is -2.93. The molecule has 0 radical (unpaired) electrons. The van der Waals surface area contributed by atoms with Crippen molar-refractivity contribution in [3.05, 3.63) is 59.7 Å². The van der Waals surface area contributed by atoms with Gasteiger partial charge in [0.25, 0.3) is 0 Å². The Hall–Kier alpha value is -2.93. The van der Waals surface area contributed by atoms with Crippen LogP contribution in [0.25, 0.3) is 6.08 Å². The molecule has 0 aromatic heterocycles. The number of carbonyl (C=O) groups excluding carboxylic acids is 1. The number of halogens is 2. The van der Waals surface area contributed by atoms with Crippen molar-refractivity contribution in [3.63, 3.8) is 0 Å². The molecule has 0 saturated carbocycles. The summed E-state index contributed by atoms with van der Waals surface area (Å²) in [6, 6.07) is 12.2.